The maximum absolute atomic E-state index is 13.6. The van der Waals surface area contributed by atoms with Crippen LogP contribution in [0.2, 0.25) is 10.0 Å². The van der Waals surface area contributed by atoms with Crippen LogP contribution in [0.1, 0.15) is 29.2 Å². The molecule has 0 bridgehead atoms. The molecule has 0 radical (unpaired) electrons. The fourth-order valence-corrected chi connectivity index (χ4v) is 3.98. The number of carbonyl (C=O) groups is 2. The first kappa shape index (κ1) is 24.8. The van der Waals surface area contributed by atoms with E-state index in [1.807, 2.05) is 68.4 Å². The number of amides is 2. The van der Waals surface area contributed by atoms with Crippen molar-refractivity contribution in [3.63, 3.8) is 0 Å². The average Bonchev–Trinajstić information content (AvgIpc) is 2.80. The Bertz CT molecular complexity index is 1090. The van der Waals surface area contributed by atoms with Crippen molar-refractivity contribution in [1.82, 2.24) is 10.2 Å². The highest BCUT2D eigenvalue weighted by Crippen LogP contribution is 2.24. The molecule has 1 N–H and O–H groups in total. The number of hydrogen-bond donors (Lipinski definition) is 1. The number of carbonyl (C=O) groups excluding carboxylic acids is 2. The number of halogens is 2. The summed E-state index contributed by atoms with van der Waals surface area (Å²) in [4.78, 5) is 28.4. The first-order valence-electron chi connectivity index (χ1n) is 11.0. The maximum atomic E-state index is 13.6. The third-order valence-electron chi connectivity index (χ3n) is 5.43. The second kappa shape index (κ2) is 11.9. The van der Waals surface area contributed by atoms with Crippen molar-refractivity contribution in [3.8, 4) is 0 Å². The van der Waals surface area contributed by atoms with Crippen LogP contribution in [0, 0.1) is 6.92 Å². The minimum atomic E-state index is -0.649. The standard InChI is InChI=1S/C27H28Cl2N2O2/c1-3-30-27(33)25(16-20-7-5-4-6-8-20)31(18-21-11-9-19(2)10-12-21)26(32)17-22-13-14-23(28)24(29)15-22/h4-15,25H,3,16-18H2,1-2H3,(H,30,33)/t25-/m0/s1. The van der Waals surface area contributed by atoms with Gasteiger partial charge in [-0.2, -0.15) is 0 Å². The molecule has 0 fully saturated rings. The molecule has 0 saturated heterocycles. The van der Waals surface area contributed by atoms with Crippen molar-refractivity contribution in [1.29, 1.82) is 0 Å². The monoisotopic (exact) mass is 482 g/mol. The molecule has 4 nitrogen and oxygen atoms in total. The van der Waals surface area contributed by atoms with Gasteiger partial charge in [0.1, 0.15) is 6.04 Å². The van der Waals surface area contributed by atoms with Gasteiger partial charge in [-0.1, -0.05) is 89.4 Å². The number of hydrogen-bond acceptors (Lipinski definition) is 2. The van der Waals surface area contributed by atoms with E-state index < -0.39 is 6.04 Å². The fourth-order valence-electron chi connectivity index (χ4n) is 3.66. The van der Waals surface area contributed by atoms with E-state index in [9.17, 15) is 9.59 Å². The molecule has 0 aliphatic rings. The van der Waals surface area contributed by atoms with Gasteiger partial charge in [0.15, 0.2) is 0 Å². The number of nitrogens with one attached hydrogen (secondary N) is 1. The molecule has 172 valence electrons. The van der Waals surface area contributed by atoms with Crippen LogP contribution < -0.4 is 5.32 Å². The first-order valence-corrected chi connectivity index (χ1v) is 11.7. The van der Waals surface area contributed by atoms with E-state index in [4.69, 9.17) is 23.2 Å². The number of nitrogens with zero attached hydrogens (tertiary/aromatic N) is 1. The molecule has 1 atom stereocenters. The highest BCUT2D eigenvalue weighted by Gasteiger charge is 2.30. The van der Waals surface area contributed by atoms with Crippen LogP contribution in [0.5, 0.6) is 0 Å². The normalized spacial score (nSPS) is 11.6. The van der Waals surface area contributed by atoms with E-state index in [0.717, 1.165) is 22.3 Å². The molecule has 0 aliphatic carbocycles. The highest BCUT2D eigenvalue weighted by molar-refractivity contribution is 6.42. The zero-order valence-electron chi connectivity index (χ0n) is 18.9. The number of aryl methyl sites for hydroxylation is 1. The second-order valence-corrected chi connectivity index (χ2v) is 8.85. The van der Waals surface area contributed by atoms with Gasteiger partial charge < -0.3 is 10.2 Å². The lowest BCUT2D eigenvalue weighted by Crippen LogP contribution is -2.50. The molecule has 0 aromatic heterocycles. The lowest BCUT2D eigenvalue weighted by molar-refractivity contribution is -0.140. The maximum Gasteiger partial charge on any atom is 0.243 e. The first-order chi connectivity index (χ1) is 15.9. The third kappa shape index (κ3) is 7.08. The molecule has 0 heterocycles. The minimum absolute atomic E-state index is 0.118. The van der Waals surface area contributed by atoms with Crippen LogP contribution in [0.15, 0.2) is 72.8 Å². The number of rotatable bonds is 9. The van der Waals surface area contributed by atoms with Gasteiger partial charge in [-0.25, -0.2) is 0 Å². The smallest absolute Gasteiger partial charge is 0.243 e. The van der Waals surface area contributed by atoms with Crippen LogP contribution in [0.3, 0.4) is 0 Å². The van der Waals surface area contributed by atoms with Crippen LogP contribution >= 0.6 is 23.2 Å². The summed E-state index contributed by atoms with van der Waals surface area (Å²) in [6.07, 6.45) is 0.541. The molecule has 3 rings (SSSR count). The van der Waals surface area contributed by atoms with Crippen molar-refractivity contribution < 1.29 is 9.59 Å². The lowest BCUT2D eigenvalue weighted by atomic mass is 10.0. The van der Waals surface area contributed by atoms with Crippen LogP contribution in [0.4, 0.5) is 0 Å². The second-order valence-electron chi connectivity index (χ2n) is 8.03. The Morgan fingerprint density at radius 3 is 2.18 bits per heavy atom. The zero-order chi connectivity index (χ0) is 23.8. The summed E-state index contributed by atoms with van der Waals surface area (Å²) >= 11 is 12.2. The van der Waals surface area contributed by atoms with E-state index >= 15 is 0 Å². The van der Waals surface area contributed by atoms with Gasteiger partial charge in [-0.05, 0) is 42.7 Å². The Balaban J connectivity index is 1.95. The van der Waals surface area contributed by atoms with E-state index in [1.165, 1.54) is 0 Å². The van der Waals surface area contributed by atoms with Gasteiger partial charge in [-0.3, -0.25) is 9.59 Å². The molecule has 0 unspecified atom stereocenters. The topological polar surface area (TPSA) is 49.4 Å². The molecule has 3 aromatic carbocycles. The molecule has 33 heavy (non-hydrogen) atoms. The predicted octanol–water partition coefficient (Wildman–Crippen LogP) is 5.62. The van der Waals surface area contributed by atoms with Gasteiger partial charge in [-0.15, -0.1) is 0 Å². The molecule has 2 amide bonds. The molecule has 0 aliphatic heterocycles. The van der Waals surface area contributed by atoms with Gasteiger partial charge in [0.2, 0.25) is 11.8 Å². The summed E-state index contributed by atoms with van der Waals surface area (Å²) in [6.45, 7) is 4.71. The Morgan fingerprint density at radius 1 is 0.879 bits per heavy atom. The Hall–Kier alpha value is -2.82. The average molecular weight is 483 g/mol. The molecule has 3 aromatic rings. The Kier molecular flexibility index (Phi) is 8.93. The van der Waals surface area contributed by atoms with Gasteiger partial charge in [0.05, 0.1) is 16.5 Å². The van der Waals surface area contributed by atoms with Crippen LogP contribution in [-0.4, -0.2) is 29.3 Å². The van der Waals surface area contributed by atoms with E-state index in [0.29, 0.717) is 29.6 Å². The lowest BCUT2D eigenvalue weighted by Gasteiger charge is -2.31. The molecular weight excluding hydrogens is 455 g/mol. The Labute approximate surface area is 205 Å². The van der Waals surface area contributed by atoms with E-state index in [1.54, 1.807) is 23.1 Å². The summed E-state index contributed by atoms with van der Waals surface area (Å²) in [7, 11) is 0. The molecule has 0 saturated carbocycles. The van der Waals surface area contributed by atoms with Crippen molar-refractivity contribution in [2.24, 2.45) is 0 Å². The fraction of sp³-hybridized carbons (Fsp3) is 0.259. The molecule has 0 spiro atoms. The van der Waals surface area contributed by atoms with Gasteiger partial charge >= 0.3 is 0 Å². The number of likely N-dealkylation sites (N-methyl/N-ethyl adjacent to an activating group) is 1. The molecular formula is C27H28Cl2N2O2. The van der Waals surface area contributed by atoms with E-state index in [2.05, 4.69) is 5.32 Å². The summed E-state index contributed by atoms with van der Waals surface area (Å²) in [5.41, 5.74) is 3.84. The summed E-state index contributed by atoms with van der Waals surface area (Å²) in [5.74, 6) is -0.322. The third-order valence-corrected chi connectivity index (χ3v) is 6.17. The number of benzene rings is 3. The molecule has 6 heteroatoms. The zero-order valence-corrected chi connectivity index (χ0v) is 20.4. The van der Waals surface area contributed by atoms with Crippen molar-refractivity contribution in [2.75, 3.05) is 6.54 Å². The minimum Gasteiger partial charge on any atom is -0.355 e. The van der Waals surface area contributed by atoms with Gasteiger partial charge in [0.25, 0.3) is 0 Å². The highest BCUT2D eigenvalue weighted by atomic mass is 35.5. The SMILES string of the molecule is CCNC(=O)[C@H](Cc1ccccc1)N(Cc1ccc(C)cc1)C(=O)Cc1ccc(Cl)c(Cl)c1. The quantitative estimate of drug-likeness (QED) is 0.430. The van der Waals surface area contributed by atoms with Crippen molar-refractivity contribution in [3.05, 3.63) is 105 Å². The van der Waals surface area contributed by atoms with Crippen molar-refractivity contribution in [2.45, 2.75) is 39.3 Å². The largest absolute Gasteiger partial charge is 0.355 e. The predicted molar refractivity (Wildman–Crippen MR) is 135 cm³/mol. The van der Waals surface area contributed by atoms with Crippen molar-refractivity contribution >= 4 is 35.0 Å². The summed E-state index contributed by atoms with van der Waals surface area (Å²) in [6, 6.07) is 22.3. The summed E-state index contributed by atoms with van der Waals surface area (Å²) < 4.78 is 0. The van der Waals surface area contributed by atoms with E-state index in [-0.39, 0.29) is 18.2 Å². The summed E-state index contributed by atoms with van der Waals surface area (Å²) in [5, 5.41) is 3.74. The van der Waals surface area contributed by atoms with Gasteiger partial charge in [0, 0.05) is 19.5 Å². The van der Waals surface area contributed by atoms with Crippen LogP contribution in [0.25, 0.3) is 0 Å². The Morgan fingerprint density at radius 2 is 1.55 bits per heavy atom. The van der Waals surface area contributed by atoms with Crippen LogP contribution in [-0.2, 0) is 29.0 Å².